The summed E-state index contributed by atoms with van der Waals surface area (Å²) in [5.41, 5.74) is 0.619. The van der Waals surface area contributed by atoms with Crippen LogP contribution in [0.5, 0.6) is 5.75 Å². The molecule has 6 heteroatoms. The van der Waals surface area contributed by atoms with Gasteiger partial charge < -0.3 is 15.2 Å². The van der Waals surface area contributed by atoms with Gasteiger partial charge in [0, 0.05) is 22.7 Å². The van der Waals surface area contributed by atoms with E-state index in [1.54, 1.807) is 6.07 Å². The number of aliphatic hydroxyl groups excluding tert-OH is 1. The second-order valence-electron chi connectivity index (χ2n) is 5.45. The van der Waals surface area contributed by atoms with Crippen molar-refractivity contribution in [2.24, 2.45) is 0 Å². The van der Waals surface area contributed by atoms with Crippen LogP contribution in [-0.4, -0.2) is 23.9 Å². The summed E-state index contributed by atoms with van der Waals surface area (Å²) in [5.74, 6) is 0.144. The third kappa shape index (κ3) is 4.80. The van der Waals surface area contributed by atoms with E-state index >= 15 is 0 Å². The Hall–Kier alpha value is -0.910. The number of ether oxygens (including phenoxy) is 1. The summed E-state index contributed by atoms with van der Waals surface area (Å²) in [5, 5.41) is 13.4. The average molecular weight is 320 g/mol. The number of rotatable bonds is 5. The number of alkyl halides is 2. The molecule has 2 rings (SSSR count). The lowest BCUT2D eigenvalue weighted by Crippen LogP contribution is -2.36. The molecule has 1 unspecified atom stereocenters. The van der Waals surface area contributed by atoms with Crippen LogP contribution in [-0.2, 0) is 0 Å². The SMILES string of the molecule is CC(NC1CCC(O)CC1)c1cc(Cl)ccc1OC(F)F. The van der Waals surface area contributed by atoms with Crippen LogP contribution in [0.15, 0.2) is 18.2 Å². The van der Waals surface area contributed by atoms with Gasteiger partial charge in [0.1, 0.15) is 5.75 Å². The molecule has 0 heterocycles. The van der Waals surface area contributed by atoms with Crippen molar-refractivity contribution in [2.75, 3.05) is 0 Å². The van der Waals surface area contributed by atoms with Gasteiger partial charge in [-0.25, -0.2) is 0 Å². The van der Waals surface area contributed by atoms with Crippen molar-refractivity contribution in [1.82, 2.24) is 5.32 Å². The molecule has 0 aliphatic heterocycles. The van der Waals surface area contributed by atoms with Gasteiger partial charge >= 0.3 is 6.61 Å². The molecule has 0 aromatic heterocycles. The molecule has 0 spiro atoms. The Morgan fingerprint density at radius 3 is 2.57 bits per heavy atom. The molecule has 21 heavy (non-hydrogen) atoms. The van der Waals surface area contributed by atoms with Crippen molar-refractivity contribution in [3.63, 3.8) is 0 Å². The lowest BCUT2D eigenvalue weighted by atomic mass is 9.92. The Balaban J connectivity index is 2.06. The molecule has 1 aromatic rings. The Labute approximate surface area is 128 Å². The fourth-order valence-electron chi connectivity index (χ4n) is 2.75. The molecule has 1 aliphatic rings. The van der Waals surface area contributed by atoms with Crippen LogP contribution >= 0.6 is 11.6 Å². The van der Waals surface area contributed by atoms with Gasteiger partial charge in [0.25, 0.3) is 0 Å². The van der Waals surface area contributed by atoms with E-state index in [9.17, 15) is 13.9 Å². The number of aliphatic hydroxyl groups is 1. The highest BCUT2D eigenvalue weighted by Gasteiger charge is 2.23. The zero-order valence-corrected chi connectivity index (χ0v) is 12.6. The molecule has 1 saturated carbocycles. The minimum absolute atomic E-state index is 0.144. The standard InChI is InChI=1S/C15H20ClF2NO2/c1-9(19-11-3-5-12(20)6-4-11)13-8-10(16)2-7-14(13)21-15(17)18/h2,7-9,11-12,15,19-20H,3-6H2,1H3. The highest BCUT2D eigenvalue weighted by molar-refractivity contribution is 6.30. The molecule has 2 N–H and O–H groups in total. The van der Waals surface area contributed by atoms with E-state index in [0.29, 0.717) is 10.6 Å². The monoisotopic (exact) mass is 319 g/mol. The lowest BCUT2D eigenvalue weighted by molar-refractivity contribution is -0.0507. The highest BCUT2D eigenvalue weighted by Crippen LogP contribution is 2.31. The van der Waals surface area contributed by atoms with Crippen molar-refractivity contribution in [3.05, 3.63) is 28.8 Å². The maximum absolute atomic E-state index is 12.5. The molecule has 3 nitrogen and oxygen atoms in total. The van der Waals surface area contributed by atoms with E-state index in [-0.39, 0.29) is 23.9 Å². The topological polar surface area (TPSA) is 41.5 Å². The molecule has 1 fully saturated rings. The van der Waals surface area contributed by atoms with Crippen molar-refractivity contribution >= 4 is 11.6 Å². The van der Waals surface area contributed by atoms with Gasteiger partial charge in [-0.2, -0.15) is 8.78 Å². The molecule has 1 aliphatic carbocycles. The molecule has 0 radical (unpaired) electrons. The van der Waals surface area contributed by atoms with Crippen LogP contribution in [0.25, 0.3) is 0 Å². The second kappa shape index (κ2) is 7.38. The van der Waals surface area contributed by atoms with Gasteiger partial charge in [0.2, 0.25) is 0 Å². The van der Waals surface area contributed by atoms with Crippen LogP contribution in [0, 0.1) is 0 Å². The molecule has 1 aromatic carbocycles. The summed E-state index contributed by atoms with van der Waals surface area (Å²) in [6.07, 6.45) is 3.05. The fourth-order valence-corrected chi connectivity index (χ4v) is 2.93. The first-order valence-electron chi connectivity index (χ1n) is 7.14. The number of halogens is 3. The first-order valence-corrected chi connectivity index (χ1v) is 7.52. The van der Waals surface area contributed by atoms with E-state index in [2.05, 4.69) is 10.1 Å². The third-order valence-electron chi connectivity index (χ3n) is 3.84. The quantitative estimate of drug-likeness (QED) is 0.865. The zero-order valence-electron chi connectivity index (χ0n) is 11.9. The van der Waals surface area contributed by atoms with Crippen molar-refractivity contribution < 1.29 is 18.6 Å². The predicted molar refractivity (Wildman–Crippen MR) is 77.9 cm³/mol. The predicted octanol–water partition coefficient (Wildman–Crippen LogP) is 3.90. The maximum atomic E-state index is 12.5. The van der Waals surface area contributed by atoms with Gasteiger partial charge in [-0.05, 0) is 50.8 Å². The molecule has 1 atom stereocenters. The molecular formula is C15H20ClF2NO2. The van der Waals surface area contributed by atoms with Crippen LogP contribution in [0.4, 0.5) is 8.78 Å². The first-order chi connectivity index (χ1) is 9.95. The van der Waals surface area contributed by atoms with Gasteiger partial charge in [-0.1, -0.05) is 11.6 Å². The highest BCUT2D eigenvalue weighted by atomic mass is 35.5. The third-order valence-corrected chi connectivity index (χ3v) is 4.07. The smallest absolute Gasteiger partial charge is 0.387 e. The Morgan fingerprint density at radius 1 is 1.29 bits per heavy atom. The lowest BCUT2D eigenvalue weighted by Gasteiger charge is -2.29. The molecule has 0 saturated heterocycles. The van der Waals surface area contributed by atoms with Crippen LogP contribution < -0.4 is 10.1 Å². The van der Waals surface area contributed by atoms with Gasteiger partial charge in [0.05, 0.1) is 6.10 Å². The summed E-state index contributed by atoms with van der Waals surface area (Å²) in [6.45, 7) is -0.961. The fraction of sp³-hybridized carbons (Fsp3) is 0.600. The molecule has 0 amide bonds. The van der Waals surface area contributed by atoms with Crippen LogP contribution in [0.1, 0.15) is 44.2 Å². The summed E-state index contributed by atoms with van der Waals surface area (Å²) in [4.78, 5) is 0. The van der Waals surface area contributed by atoms with E-state index in [4.69, 9.17) is 11.6 Å². The second-order valence-corrected chi connectivity index (χ2v) is 5.89. The summed E-state index contributed by atoms with van der Waals surface area (Å²) >= 11 is 5.96. The summed E-state index contributed by atoms with van der Waals surface area (Å²) < 4.78 is 29.5. The minimum Gasteiger partial charge on any atom is -0.434 e. The Kier molecular flexibility index (Phi) is 5.79. The van der Waals surface area contributed by atoms with E-state index in [1.807, 2.05) is 6.92 Å². The van der Waals surface area contributed by atoms with Crippen LogP contribution in [0.2, 0.25) is 5.02 Å². The van der Waals surface area contributed by atoms with E-state index in [0.717, 1.165) is 25.7 Å². The number of hydrogen-bond acceptors (Lipinski definition) is 3. The molecule has 0 bridgehead atoms. The van der Waals surface area contributed by atoms with Gasteiger partial charge in [-0.15, -0.1) is 0 Å². The number of nitrogens with one attached hydrogen (secondary N) is 1. The zero-order chi connectivity index (χ0) is 15.4. The summed E-state index contributed by atoms with van der Waals surface area (Å²) in [7, 11) is 0. The Morgan fingerprint density at radius 2 is 1.95 bits per heavy atom. The van der Waals surface area contributed by atoms with Gasteiger partial charge in [-0.3, -0.25) is 0 Å². The molecule has 118 valence electrons. The summed E-state index contributed by atoms with van der Waals surface area (Å²) in [6, 6.07) is 4.76. The minimum atomic E-state index is -2.86. The van der Waals surface area contributed by atoms with Crippen molar-refractivity contribution in [2.45, 2.75) is 57.4 Å². The van der Waals surface area contributed by atoms with Gasteiger partial charge in [0.15, 0.2) is 0 Å². The van der Waals surface area contributed by atoms with Crippen molar-refractivity contribution in [1.29, 1.82) is 0 Å². The average Bonchev–Trinajstić information content (AvgIpc) is 2.43. The molecular weight excluding hydrogens is 300 g/mol. The largest absolute Gasteiger partial charge is 0.434 e. The van der Waals surface area contributed by atoms with Crippen LogP contribution in [0.3, 0.4) is 0 Å². The number of benzene rings is 1. The van der Waals surface area contributed by atoms with Crippen molar-refractivity contribution in [3.8, 4) is 5.75 Å². The number of hydrogen-bond donors (Lipinski definition) is 2. The maximum Gasteiger partial charge on any atom is 0.387 e. The van der Waals surface area contributed by atoms with E-state index in [1.165, 1.54) is 12.1 Å². The van der Waals surface area contributed by atoms with E-state index < -0.39 is 6.61 Å². The normalized spacial score (nSPS) is 24.1. The Bertz CT molecular complexity index is 465. The first kappa shape index (κ1) is 16.5.